The highest BCUT2D eigenvalue weighted by atomic mass is 19.4. The van der Waals surface area contributed by atoms with E-state index < -0.39 is 11.7 Å². The molecule has 2 nitrogen and oxygen atoms in total. The van der Waals surface area contributed by atoms with Gasteiger partial charge in [0.1, 0.15) is 0 Å². The number of rotatable bonds is 2. The Morgan fingerprint density at radius 2 is 1.84 bits per heavy atom. The lowest BCUT2D eigenvalue weighted by molar-refractivity contribution is -0.137. The largest absolute Gasteiger partial charge is 0.416 e. The van der Waals surface area contributed by atoms with Crippen molar-refractivity contribution >= 4 is 0 Å². The first-order chi connectivity index (χ1) is 8.84. The zero-order valence-electron chi connectivity index (χ0n) is 11.2. The molecule has 0 aromatic heterocycles. The molecule has 5 heteroatoms. The van der Waals surface area contributed by atoms with Crippen molar-refractivity contribution in [3.05, 3.63) is 35.4 Å². The summed E-state index contributed by atoms with van der Waals surface area (Å²) in [6.07, 6.45) is -4.26. The number of piperazine rings is 1. The Morgan fingerprint density at radius 3 is 2.42 bits per heavy atom. The molecule has 2 unspecified atom stereocenters. The highest BCUT2D eigenvalue weighted by Crippen LogP contribution is 2.29. The SMILES string of the molecule is CC1CN(Cc2cccc(C(F)(F)F)c2)CC(C)N1. The zero-order valence-corrected chi connectivity index (χ0v) is 11.2. The van der Waals surface area contributed by atoms with E-state index in [0.717, 1.165) is 24.7 Å². The first kappa shape index (κ1) is 14.3. The molecule has 0 spiro atoms. The van der Waals surface area contributed by atoms with Crippen LogP contribution in [0.5, 0.6) is 0 Å². The predicted molar refractivity (Wildman–Crippen MR) is 68.8 cm³/mol. The summed E-state index contributed by atoms with van der Waals surface area (Å²) in [5, 5.41) is 3.41. The fourth-order valence-corrected chi connectivity index (χ4v) is 2.67. The minimum Gasteiger partial charge on any atom is -0.309 e. The first-order valence-electron chi connectivity index (χ1n) is 6.49. The monoisotopic (exact) mass is 272 g/mol. The maximum absolute atomic E-state index is 12.6. The summed E-state index contributed by atoms with van der Waals surface area (Å²) in [7, 11) is 0. The maximum Gasteiger partial charge on any atom is 0.416 e. The average molecular weight is 272 g/mol. The van der Waals surface area contributed by atoms with Crippen molar-refractivity contribution in [2.75, 3.05) is 13.1 Å². The maximum atomic E-state index is 12.6. The summed E-state index contributed by atoms with van der Waals surface area (Å²) in [4.78, 5) is 2.20. The summed E-state index contributed by atoms with van der Waals surface area (Å²) in [5.41, 5.74) is 0.150. The van der Waals surface area contributed by atoms with Crippen LogP contribution in [-0.2, 0) is 12.7 Å². The van der Waals surface area contributed by atoms with E-state index in [-0.39, 0.29) is 0 Å². The molecular formula is C14H19F3N2. The van der Waals surface area contributed by atoms with Crippen LogP contribution in [-0.4, -0.2) is 30.1 Å². The van der Waals surface area contributed by atoms with Crippen LogP contribution in [0.4, 0.5) is 13.2 Å². The molecule has 106 valence electrons. The third-order valence-electron chi connectivity index (χ3n) is 3.29. The van der Waals surface area contributed by atoms with E-state index in [9.17, 15) is 13.2 Å². The van der Waals surface area contributed by atoms with Gasteiger partial charge in [0, 0.05) is 31.7 Å². The molecule has 19 heavy (non-hydrogen) atoms. The van der Waals surface area contributed by atoms with Gasteiger partial charge < -0.3 is 5.32 Å². The van der Waals surface area contributed by atoms with Crippen molar-refractivity contribution in [2.24, 2.45) is 0 Å². The van der Waals surface area contributed by atoms with E-state index in [1.54, 1.807) is 6.07 Å². The number of nitrogens with one attached hydrogen (secondary N) is 1. The third-order valence-corrected chi connectivity index (χ3v) is 3.29. The summed E-state index contributed by atoms with van der Waals surface area (Å²) in [6, 6.07) is 6.34. The third kappa shape index (κ3) is 3.94. The van der Waals surface area contributed by atoms with Gasteiger partial charge in [-0.25, -0.2) is 0 Å². The second-order valence-corrected chi connectivity index (χ2v) is 5.36. The lowest BCUT2D eigenvalue weighted by atomic mass is 10.1. The van der Waals surface area contributed by atoms with E-state index in [4.69, 9.17) is 0 Å². The summed E-state index contributed by atoms with van der Waals surface area (Å²) < 4.78 is 37.9. The van der Waals surface area contributed by atoms with Crippen molar-refractivity contribution < 1.29 is 13.2 Å². The van der Waals surface area contributed by atoms with Crippen molar-refractivity contribution in [1.82, 2.24) is 10.2 Å². The van der Waals surface area contributed by atoms with Gasteiger partial charge in [0.05, 0.1) is 5.56 Å². The molecular weight excluding hydrogens is 253 g/mol. The Kier molecular flexibility index (Phi) is 4.16. The molecule has 1 fully saturated rings. The zero-order chi connectivity index (χ0) is 14.0. The van der Waals surface area contributed by atoms with Crippen molar-refractivity contribution in [3.8, 4) is 0 Å². The lowest BCUT2D eigenvalue weighted by Crippen LogP contribution is -2.53. The minimum atomic E-state index is -4.26. The number of halogens is 3. The normalized spacial score (nSPS) is 25.5. The van der Waals surface area contributed by atoms with Gasteiger partial charge in [-0.15, -0.1) is 0 Å². The average Bonchev–Trinajstić information content (AvgIpc) is 2.26. The second kappa shape index (κ2) is 5.51. The van der Waals surface area contributed by atoms with Gasteiger partial charge in [0.25, 0.3) is 0 Å². The molecule has 2 atom stereocenters. The molecule has 0 saturated carbocycles. The molecule has 1 N–H and O–H groups in total. The van der Waals surface area contributed by atoms with Crippen molar-refractivity contribution in [3.63, 3.8) is 0 Å². The molecule has 1 aromatic rings. The highest BCUT2D eigenvalue weighted by Gasteiger charge is 2.30. The standard InChI is InChI=1S/C14H19F3N2/c1-10-7-19(8-11(2)18-10)9-12-4-3-5-13(6-12)14(15,16)17/h3-6,10-11,18H,7-9H2,1-2H3. The minimum absolute atomic E-state index is 0.370. The molecule has 0 bridgehead atoms. The van der Waals surface area contributed by atoms with Crippen LogP contribution in [0.3, 0.4) is 0 Å². The number of hydrogen-bond donors (Lipinski definition) is 1. The van der Waals surface area contributed by atoms with Gasteiger partial charge in [-0.1, -0.05) is 18.2 Å². The van der Waals surface area contributed by atoms with Crippen LogP contribution in [0.2, 0.25) is 0 Å². The molecule has 0 aliphatic carbocycles. The van der Waals surface area contributed by atoms with Gasteiger partial charge in [-0.3, -0.25) is 4.90 Å². The highest BCUT2D eigenvalue weighted by molar-refractivity contribution is 5.25. The first-order valence-corrected chi connectivity index (χ1v) is 6.49. The van der Waals surface area contributed by atoms with Gasteiger partial charge in [-0.2, -0.15) is 13.2 Å². The van der Waals surface area contributed by atoms with E-state index in [2.05, 4.69) is 24.1 Å². The summed E-state index contributed by atoms with van der Waals surface area (Å²) in [5.74, 6) is 0. The number of alkyl halides is 3. The topological polar surface area (TPSA) is 15.3 Å². The van der Waals surface area contributed by atoms with Crippen molar-refractivity contribution in [2.45, 2.75) is 38.7 Å². The fraction of sp³-hybridized carbons (Fsp3) is 0.571. The number of hydrogen-bond acceptors (Lipinski definition) is 2. The van der Waals surface area contributed by atoms with Crippen LogP contribution in [0.1, 0.15) is 25.0 Å². The number of nitrogens with zero attached hydrogens (tertiary/aromatic N) is 1. The molecule has 1 aliphatic rings. The van der Waals surface area contributed by atoms with Gasteiger partial charge >= 0.3 is 6.18 Å². The molecule has 1 heterocycles. The van der Waals surface area contributed by atoms with Crippen LogP contribution in [0.25, 0.3) is 0 Å². The Labute approximate surface area is 111 Å². The Hall–Kier alpha value is -1.07. The molecule has 2 rings (SSSR count). The van der Waals surface area contributed by atoms with Crippen LogP contribution in [0.15, 0.2) is 24.3 Å². The summed E-state index contributed by atoms with van der Waals surface area (Å²) >= 11 is 0. The summed E-state index contributed by atoms with van der Waals surface area (Å²) in [6.45, 7) is 6.48. The lowest BCUT2D eigenvalue weighted by Gasteiger charge is -2.36. The predicted octanol–water partition coefficient (Wildman–Crippen LogP) is 2.89. The van der Waals surface area contributed by atoms with E-state index in [1.165, 1.54) is 12.1 Å². The second-order valence-electron chi connectivity index (χ2n) is 5.36. The Balaban J connectivity index is 2.07. The smallest absolute Gasteiger partial charge is 0.309 e. The number of benzene rings is 1. The fourth-order valence-electron chi connectivity index (χ4n) is 2.67. The van der Waals surface area contributed by atoms with Crippen LogP contribution >= 0.6 is 0 Å². The molecule has 1 saturated heterocycles. The van der Waals surface area contributed by atoms with E-state index in [1.807, 2.05) is 0 Å². The van der Waals surface area contributed by atoms with Crippen molar-refractivity contribution in [1.29, 1.82) is 0 Å². The van der Waals surface area contributed by atoms with Crippen LogP contribution < -0.4 is 5.32 Å². The Bertz CT molecular complexity index is 421. The quantitative estimate of drug-likeness (QED) is 0.890. The van der Waals surface area contributed by atoms with Gasteiger partial charge in [0.15, 0.2) is 0 Å². The molecule has 1 aliphatic heterocycles. The molecule has 0 amide bonds. The van der Waals surface area contributed by atoms with Crippen LogP contribution in [0, 0.1) is 0 Å². The molecule has 0 radical (unpaired) electrons. The molecule has 1 aromatic carbocycles. The van der Waals surface area contributed by atoms with Gasteiger partial charge in [0.2, 0.25) is 0 Å². The van der Waals surface area contributed by atoms with E-state index in [0.29, 0.717) is 18.6 Å². The Morgan fingerprint density at radius 1 is 1.21 bits per heavy atom. The van der Waals surface area contributed by atoms with Gasteiger partial charge in [-0.05, 0) is 25.5 Å². The van der Waals surface area contributed by atoms with E-state index >= 15 is 0 Å².